The third kappa shape index (κ3) is 3.70. The molecule has 0 bridgehead atoms. The van der Waals surface area contributed by atoms with Crippen molar-refractivity contribution in [2.24, 2.45) is 5.92 Å². The van der Waals surface area contributed by atoms with Crippen molar-refractivity contribution < 1.29 is 9.53 Å². The van der Waals surface area contributed by atoms with Crippen molar-refractivity contribution in [2.75, 3.05) is 32.8 Å². The Bertz CT molecular complexity index is 211. The van der Waals surface area contributed by atoms with Crippen LogP contribution in [0.25, 0.3) is 0 Å². The maximum Gasteiger partial charge on any atom is 0.339 e. The van der Waals surface area contributed by atoms with Gasteiger partial charge in [0.05, 0.1) is 13.2 Å². The number of urea groups is 1. The van der Waals surface area contributed by atoms with Gasteiger partial charge in [-0.15, -0.1) is 0 Å². The highest BCUT2D eigenvalue weighted by atomic mass is 16.5. The molecule has 0 atom stereocenters. The fourth-order valence-corrected chi connectivity index (χ4v) is 1.82. The normalized spacial score (nSPS) is 21.5. The smallest absolute Gasteiger partial charge is 0.339 e. The van der Waals surface area contributed by atoms with E-state index in [2.05, 4.69) is 5.32 Å². The molecule has 15 heavy (non-hydrogen) atoms. The molecule has 2 amide bonds. The minimum atomic E-state index is -0.0471. The first-order valence-corrected chi connectivity index (χ1v) is 5.90. The van der Waals surface area contributed by atoms with E-state index in [1.807, 2.05) is 0 Å². The molecule has 2 fully saturated rings. The summed E-state index contributed by atoms with van der Waals surface area (Å²) in [5.74, 6) is 0.943. The van der Waals surface area contributed by atoms with Crippen molar-refractivity contribution in [3.05, 3.63) is 0 Å². The highest BCUT2D eigenvalue weighted by molar-refractivity contribution is 5.73. The van der Waals surface area contributed by atoms with Crippen molar-refractivity contribution in [1.82, 2.24) is 10.2 Å². The molecule has 1 saturated carbocycles. The van der Waals surface area contributed by atoms with Gasteiger partial charge in [0.1, 0.15) is 0 Å². The average molecular weight is 211 g/mol. The first-order chi connectivity index (χ1) is 7.36. The van der Waals surface area contributed by atoms with Gasteiger partial charge in [-0.05, 0) is 18.8 Å². The summed E-state index contributed by atoms with van der Waals surface area (Å²) < 4.78 is 5.18. The largest absolute Gasteiger partial charge is 0.378 e. The quantitative estimate of drug-likeness (QED) is 0.656. The van der Waals surface area contributed by atoms with E-state index >= 15 is 0 Å². The molecule has 4 heteroatoms. The van der Waals surface area contributed by atoms with Gasteiger partial charge in [0.25, 0.3) is 0 Å². The van der Waals surface area contributed by atoms with Crippen molar-refractivity contribution in [3.8, 4) is 0 Å². The molecule has 0 unspecified atom stereocenters. The van der Waals surface area contributed by atoms with Crippen molar-refractivity contribution in [3.63, 3.8) is 0 Å². The van der Waals surface area contributed by atoms with Crippen LogP contribution < -0.4 is 5.32 Å². The molecule has 1 aliphatic heterocycles. The number of hydrogen-bond acceptors (Lipinski definition) is 2. The summed E-state index contributed by atoms with van der Waals surface area (Å²) in [7, 11) is 0. The van der Waals surface area contributed by atoms with E-state index in [-0.39, 0.29) is 6.03 Å². The Kier molecular flexibility index (Phi) is 3.83. The lowest BCUT2D eigenvalue weighted by atomic mass is 10.2. The zero-order chi connectivity index (χ0) is 10.5. The molecule has 2 rings (SSSR count). The van der Waals surface area contributed by atoms with E-state index in [0.717, 1.165) is 12.3 Å². The van der Waals surface area contributed by atoms with Gasteiger partial charge in [-0.3, -0.25) is 0 Å². The Labute approximate surface area is 91.0 Å². The summed E-state index contributed by atoms with van der Waals surface area (Å²) in [5, 5.41) is 4.08. The predicted molar refractivity (Wildman–Crippen MR) is 56.7 cm³/mol. The van der Waals surface area contributed by atoms with Gasteiger partial charge in [0, 0.05) is 19.6 Å². The fraction of sp³-hybridized carbons (Fsp3) is 0.909. The summed E-state index contributed by atoms with van der Waals surface area (Å²) in [6, 6.07) is -0.0471. The number of hydrogen-bond donors (Lipinski definition) is 0. The molecule has 1 heterocycles. The highest BCUT2D eigenvalue weighted by Gasteiger charge is 2.21. The van der Waals surface area contributed by atoms with Crippen LogP contribution in [0.4, 0.5) is 4.79 Å². The Morgan fingerprint density at radius 3 is 2.73 bits per heavy atom. The maximum atomic E-state index is 11.6. The molecule has 0 N–H and O–H groups in total. The Hall–Kier alpha value is -0.770. The number of carbonyl (C=O) groups is 1. The van der Waals surface area contributed by atoms with Crippen LogP contribution in [0.1, 0.15) is 25.7 Å². The monoisotopic (exact) mass is 211 g/mol. The molecule has 0 aromatic rings. The van der Waals surface area contributed by atoms with Crippen molar-refractivity contribution in [1.29, 1.82) is 0 Å². The molecular weight excluding hydrogens is 192 g/mol. The van der Waals surface area contributed by atoms with Crippen LogP contribution in [0.2, 0.25) is 0 Å². The Balaban J connectivity index is 1.54. The molecule has 1 aliphatic carbocycles. The fourth-order valence-electron chi connectivity index (χ4n) is 1.82. The third-order valence-electron chi connectivity index (χ3n) is 3.00. The van der Waals surface area contributed by atoms with Crippen LogP contribution in [-0.2, 0) is 4.74 Å². The topological polar surface area (TPSA) is 43.6 Å². The van der Waals surface area contributed by atoms with Gasteiger partial charge in [0.2, 0.25) is 0 Å². The van der Waals surface area contributed by atoms with Crippen LogP contribution in [-0.4, -0.2) is 43.8 Å². The first kappa shape index (κ1) is 10.7. The maximum absolute atomic E-state index is 11.6. The minimum absolute atomic E-state index is 0.0471. The van der Waals surface area contributed by atoms with Crippen LogP contribution >= 0.6 is 0 Å². The van der Waals surface area contributed by atoms with Crippen molar-refractivity contribution in [2.45, 2.75) is 25.7 Å². The molecule has 0 aromatic heterocycles. The van der Waals surface area contributed by atoms with Gasteiger partial charge in [-0.1, -0.05) is 12.8 Å². The SMILES string of the molecule is O=C([N]CCCC1CC1)N1CCOCC1. The van der Waals surface area contributed by atoms with Crippen LogP contribution in [0.15, 0.2) is 0 Å². The van der Waals surface area contributed by atoms with E-state index in [9.17, 15) is 4.79 Å². The summed E-state index contributed by atoms with van der Waals surface area (Å²) in [5.41, 5.74) is 0. The summed E-state index contributed by atoms with van der Waals surface area (Å²) in [4.78, 5) is 13.3. The van der Waals surface area contributed by atoms with Gasteiger partial charge < -0.3 is 9.64 Å². The number of carbonyl (C=O) groups excluding carboxylic acids is 1. The summed E-state index contributed by atoms with van der Waals surface area (Å²) in [6.45, 7) is 3.41. The number of nitrogens with zero attached hydrogens (tertiary/aromatic N) is 2. The second-order valence-electron chi connectivity index (χ2n) is 4.35. The van der Waals surface area contributed by atoms with Crippen molar-refractivity contribution >= 4 is 6.03 Å². The lowest BCUT2D eigenvalue weighted by Crippen LogP contribution is -2.43. The Morgan fingerprint density at radius 2 is 2.07 bits per heavy atom. The van der Waals surface area contributed by atoms with E-state index in [1.165, 1.54) is 19.3 Å². The first-order valence-electron chi connectivity index (χ1n) is 5.90. The van der Waals surface area contributed by atoms with Gasteiger partial charge in [0.15, 0.2) is 0 Å². The van der Waals surface area contributed by atoms with Crippen LogP contribution in [0.3, 0.4) is 0 Å². The average Bonchev–Trinajstić information content (AvgIpc) is 3.09. The van der Waals surface area contributed by atoms with Gasteiger partial charge in [-0.25, -0.2) is 10.1 Å². The number of morpholine rings is 1. The van der Waals surface area contributed by atoms with Crippen LogP contribution in [0, 0.1) is 5.92 Å². The lowest BCUT2D eigenvalue weighted by Gasteiger charge is -2.25. The van der Waals surface area contributed by atoms with Gasteiger partial charge in [-0.2, -0.15) is 0 Å². The number of rotatable bonds is 4. The second kappa shape index (κ2) is 5.35. The van der Waals surface area contributed by atoms with Crippen LogP contribution in [0.5, 0.6) is 0 Å². The molecule has 4 nitrogen and oxygen atoms in total. The number of ether oxygens (including phenoxy) is 1. The number of amides is 2. The molecular formula is C11H19N2O2. The van der Waals surface area contributed by atoms with E-state index in [1.54, 1.807) is 4.90 Å². The molecule has 0 spiro atoms. The van der Waals surface area contributed by atoms with Gasteiger partial charge >= 0.3 is 6.03 Å². The highest BCUT2D eigenvalue weighted by Crippen LogP contribution is 2.33. The predicted octanol–water partition coefficient (Wildman–Crippen LogP) is 1.23. The summed E-state index contributed by atoms with van der Waals surface area (Å²) >= 11 is 0. The molecule has 1 saturated heterocycles. The van der Waals surface area contributed by atoms with E-state index in [4.69, 9.17) is 4.74 Å². The lowest BCUT2D eigenvalue weighted by molar-refractivity contribution is 0.0530. The zero-order valence-electron chi connectivity index (χ0n) is 9.15. The van der Waals surface area contributed by atoms with E-state index in [0.29, 0.717) is 32.8 Å². The molecule has 0 aromatic carbocycles. The molecule has 1 radical (unpaired) electrons. The third-order valence-corrected chi connectivity index (χ3v) is 3.00. The summed E-state index contributed by atoms with van der Waals surface area (Å²) in [6.07, 6.45) is 5.09. The Morgan fingerprint density at radius 1 is 1.33 bits per heavy atom. The zero-order valence-corrected chi connectivity index (χ0v) is 9.15. The molecule has 2 aliphatic rings. The second-order valence-corrected chi connectivity index (χ2v) is 4.35. The molecule has 85 valence electrons. The minimum Gasteiger partial charge on any atom is -0.378 e. The van der Waals surface area contributed by atoms with E-state index < -0.39 is 0 Å². The standard InChI is InChI=1S/C11H19N2O2/c14-11(13-6-8-15-9-7-13)12-5-1-2-10-3-4-10/h10H,1-9H2.